The fraction of sp³-hybridized carbons (Fsp3) is 0.412. The monoisotopic (exact) mass is 347 g/mol. The number of rotatable bonds is 4. The van der Waals surface area contributed by atoms with Gasteiger partial charge in [0.1, 0.15) is 9.84 Å². The van der Waals surface area contributed by atoms with Gasteiger partial charge in [-0.3, -0.25) is 9.89 Å². The van der Waals surface area contributed by atoms with Crippen LogP contribution in [0.15, 0.2) is 30.3 Å². The summed E-state index contributed by atoms with van der Waals surface area (Å²) in [7, 11) is -3.12. The van der Waals surface area contributed by atoms with Crippen LogP contribution in [0.1, 0.15) is 17.7 Å². The molecule has 7 heteroatoms. The first-order valence-electron chi connectivity index (χ1n) is 8.01. The maximum absolute atomic E-state index is 12.3. The van der Waals surface area contributed by atoms with E-state index in [9.17, 15) is 13.2 Å². The number of sulfone groups is 1. The van der Waals surface area contributed by atoms with Crippen molar-refractivity contribution in [3.8, 4) is 11.3 Å². The molecule has 1 amide bonds. The van der Waals surface area contributed by atoms with Crippen molar-refractivity contribution in [2.75, 3.05) is 25.1 Å². The van der Waals surface area contributed by atoms with Crippen molar-refractivity contribution in [3.63, 3.8) is 0 Å². The Labute approximate surface area is 141 Å². The molecule has 1 aromatic heterocycles. The molecule has 1 aliphatic heterocycles. The summed E-state index contributed by atoms with van der Waals surface area (Å²) in [6, 6.07) is 9.98. The molecule has 0 aliphatic carbocycles. The van der Waals surface area contributed by atoms with Gasteiger partial charge in [0.15, 0.2) is 0 Å². The van der Waals surface area contributed by atoms with E-state index in [2.05, 4.69) is 10.2 Å². The van der Waals surface area contributed by atoms with Gasteiger partial charge in [-0.1, -0.05) is 30.3 Å². The molecule has 0 atom stereocenters. The van der Waals surface area contributed by atoms with E-state index >= 15 is 0 Å². The Morgan fingerprint density at radius 3 is 2.62 bits per heavy atom. The summed E-state index contributed by atoms with van der Waals surface area (Å²) in [5.74, 6) is -0.190. The summed E-state index contributed by atoms with van der Waals surface area (Å²) < 4.78 is 22.5. The first-order chi connectivity index (χ1) is 11.4. The number of carbonyl (C=O) groups excluding carboxylic acids is 1. The summed E-state index contributed by atoms with van der Waals surface area (Å²) in [6.45, 7) is 1.18. The molecule has 1 aromatic carbocycles. The molecule has 0 saturated heterocycles. The molecule has 128 valence electrons. The molecular weight excluding hydrogens is 326 g/mol. The van der Waals surface area contributed by atoms with Crippen LogP contribution in [0.25, 0.3) is 11.3 Å². The van der Waals surface area contributed by atoms with Crippen LogP contribution < -0.4 is 0 Å². The van der Waals surface area contributed by atoms with Crippen molar-refractivity contribution in [1.29, 1.82) is 0 Å². The molecule has 0 radical (unpaired) electrons. The van der Waals surface area contributed by atoms with Crippen molar-refractivity contribution >= 4 is 15.7 Å². The van der Waals surface area contributed by atoms with E-state index in [1.165, 1.54) is 0 Å². The summed E-state index contributed by atoms with van der Waals surface area (Å²) in [5, 5.41) is 7.54. The molecule has 0 spiro atoms. The summed E-state index contributed by atoms with van der Waals surface area (Å²) in [6.07, 6.45) is 2.64. The average Bonchev–Trinajstić information content (AvgIpc) is 2.84. The standard InChI is InChI=1S/C17H21N3O3S/c1-24(22,23)12-9-16(21)20-10-7-14-15(8-11-20)18-19-17(14)13-5-3-2-4-6-13/h2-6H,7-12H2,1H3,(H,18,19). The Hall–Kier alpha value is -2.15. The molecule has 0 fully saturated rings. The minimum absolute atomic E-state index is 0.0521. The van der Waals surface area contributed by atoms with Gasteiger partial charge < -0.3 is 4.90 Å². The lowest BCUT2D eigenvalue weighted by atomic mass is 10.0. The van der Waals surface area contributed by atoms with E-state index in [0.29, 0.717) is 19.5 Å². The molecule has 6 nitrogen and oxygen atoms in total. The van der Waals surface area contributed by atoms with E-state index in [1.807, 2.05) is 30.3 Å². The van der Waals surface area contributed by atoms with Crippen LogP contribution in [-0.2, 0) is 27.5 Å². The maximum atomic E-state index is 12.3. The van der Waals surface area contributed by atoms with Crippen LogP contribution >= 0.6 is 0 Å². The van der Waals surface area contributed by atoms with E-state index < -0.39 is 9.84 Å². The largest absolute Gasteiger partial charge is 0.342 e. The lowest BCUT2D eigenvalue weighted by Gasteiger charge is -2.20. The Bertz CT molecular complexity index is 828. The van der Waals surface area contributed by atoms with E-state index in [-0.39, 0.29) is 18.1 Å². The number of hydrogen-bond donors (Lipinski definition) is 1. The van der Waals surface area contributed by atoms with Crippen molar-refractivity contribution in [2.45, 2.75) is 19.3 Å². The Morgan fingerprint density at radius 1 is 1.21 bits per heavy atom. The Morgan fingerprint density at radius 2 is 1.92 bits per heavy atom. The third-order valence-electron chi connectivity index (χ3n) is 4.30. The molecular formula is C17H21N3O3S. The summed E-state index contributed by atoms with van der Waals surface area (Å²) >= 11 is 0. The minimum atomic E-state index is -3.12. The van der Waals surface area contributed by atoms with Crippen LogP contribution in [0.3, 0.4) is 0 Å². The normalized spacial score (nSPS) is 15.0. The number of nitrogens with zero attached hydrogens (tertiary/aromatic N) is 2. The van der Waals surface area contributed by atoms with Crippen LogP contribution in [0.5, 0.6) is 0 Å². The molecule has 1 N–H and O–H groups in total. The third-order valence-corrected chi connectivity index (χ3v) is 5.25. The predicted octanol–water partition coefficient (Wildman–Crippen LogP) is 1.44. The number of aromatic nitrogens is 2. The Balaban J connectivity index is 1.72. The lowest BCUT2D eigenvalue weighted by molar-refractivity contribution is -0.130. The number of H-pyrrole nitrogens is 1. The molecule has 2 aromatic rings. The zero-order valence-corrected chi connectivity index (χ0v) is 14.5. The van der Waals surface area contributed by atoms with Gasteiger partial charge >= 0.3 is 0 Å². The van der Waals surface area contributed by atoms with Crippen LogP contribution in [-0.4, -0.2) is 54.5 Å². The maximum Gasteiger partial charge on any atom is 0.223 e. The highest BCUT2D eigenvalue weighted by molar-refractivity contribution is 7.90. The number of benzene rings is 1. The zero-order valence-electron chi connectivity index (χ0n) is 13.7. The van der Waals surface area contributed by atoms with E-state index in [1.54, 1.807) is 4.90 Å². The number of hydrogen-bond acceptors (Lipinski definition) is 4. The molecule has 3 rings (SSSR count). The van der Waals surface area contributed by atoms with Crippen molar-refractivity contribution in [1.82, 2.24) is 15.1 Å². The fourth-order valence-corrected chi connectivity index (χ4v) is 3.54. The van der Waals surface area contributed by atoms with Gasteiger partial charge in [0, 0.05) is 49.0 Å². The van der Waals surface area contributed by atoms with Crippen LogP contribution in [0.2, 0.25) is 0 Å². The van der Waals surface area contributed by atoms with E-state index in [4.69, 9.17) is 0 Å². The lowest BCUT2D eigenvalue weighted by Crippen LogP contribution is -2.34. The van der Waals surface area contributed by atoms with Gasteiger partial charge in [-0.2, -0.15) is 5.10 Å². The Kier molecular flexibility index (Phi) is 4.71. The number of carbonyl (C=O) groups is 1. The first kappa shape index (κ1) is 16.7. The number of amides is 1. The molecule has 2 heterocycles. The molecule has 1 aliphatic rings. The predicted molar refractivity (Wildman–Crippen MR) is 92.3 cm³/mol. The van der Waals surface area contributed by atoms with E-state index in [0.717, 1.165) is 35.2 Å². The van der Waals surface area contributed by atoms with Crippen molar-refractivity contribution in [3.05, 3.63) is 41.6 Å². The topological polar surface area (TPSA) is 83.1 Å². The smallest absolute Gasteiger partial charge is 0.223 e. The third kappa shape index (κ3) is 3.84. The second kappa shape index (κ2) is 6.76. The molecule has 0 bridgehead atoms. The number of aromatic amines is 1. The zero-order chi connectivity index (χ0) is 17.2. The van der Waals surface area contributed by atoms with Crippen LogP contribution in [0, 0.1) is 0 Å². The summed E-state index contributed by atoms with van der Waals surface area (Å²) in [5.41, 5.74) is 4.22. The highest BCUT2D eigenvalue weighted by atomic mass is 32.2. The highest BCUT2D eigenvalue weighted by Gasteiger charge is 2.23. The van der Waals surface area contributed by atoms with Gasteiger partial charge in [0.2, 0.25) is 5.91 Å². The fourth-order valence-electron chi connectivity index (χ4n) is 3.00. The summed E-state index contributed by atoms with van der Waals surface area (Å²) in [4.78, 5) is 14.0. The van der Waals surface area contributed by atoms with Gasteiger partial charge in [-0.25, -0.2) is 8.42 Å². The molecule has 24 heavy (non-hydrogen) atoms. The molecule has 0 saturated carbocycles. The molecule has 0 unspecified atom stereocenters. The quantitative estimate of drug-likeness (QED) is 0.907. The van der Waals surface area contributed by atoms with Crippen molar-refractivity contribution < 1.29 is 13.2 Å². The highest BCUT2D eigenvalue weighted by Crippen LogP contribution is 2.26. The van der Waals surface area contributed by atoms with Crippen LogP contribution in [0.4, 0.5) is 0 Å². The first-order valence-corrected chi connectivity index (χ1v) is 10.1. The minimum Gasteiger partial charge on any atom is -0.342 e. The SMILES string of the molecule is CS(=O)(=O)CCC(=O)N1CCc2[nH]nc(-c3ccccc3)c2CC1. The van der Waals surface area contributed by atoms with Gasteiger partial charge in [-0.15, -0.1) is 0 Å². The average molecular weight is 347 g/mol. The van der Waals surface area contributed by atoms with Gasteiger partial charge in [0.05, 0.1) is 11.4 Å². The van der Waals surface area contributed by atoms with Gasteiger partial charge in [0.25, 0.3) is 0 Å². The second-order valence-corrected chi connectivity index (χ2v) is 8.42. The van der Waals surface area contributed by atoms with Gasteiger partial charge in [-0.05, 0) is 6.42 Å². The number of fused-ring (bicyclic) bond motifs is 1. The second-order valence-electron chi connectivity index (χ2n) is 6.16. The van der Waals surface area contributed by atoms with Crippen molar-refractivity contribution in [2.24, 2.45) is 0 Å². The number of nitrogens with one attached hydrogen (secondary N) is 1.